The minimum Gasteiger partial charge on any atom is -0.329 e. The second kappa shape index (κ2) is 5.61. The molecule has 0 radical (unpaired) electrons. The Hall–Kier alpha value is -0.280. The Bertz CT molecular complexity index is 431. The molecular weight excluding hydrogens is 279 g/mol. The molecule has 2 aliphatic rings. The summed E-state index contributed by atoms with van der Waals surface area (Å²) in [6, 6.07) is 5.86. The van der Waals surface area contributed by atoms with E-state index >= 15 is 0 Å². The van der Waals surface area contributed by atoms with E-state index in [9.17, 15) is 0 Å². The van der Waals surface area contributed by atoms with Crippen molar-refractivity contribution in [2.24, 2.45) is 17.6 Å². The fourth-order valence-corrected chi connectivity index (χ4v) is 4.45. The van der Waals surface area contributed by atoms with Crippen molar-refractivity contribution in [1.29, 1.82) is 0 Å². The van der Waals surface area contributed by atoms with Gasteiger partial charge in [-0.1, -0.05) is 35.7 Å². The van der Waals surface area contributed by atoms with Crippen molar-refractivity contribution in [2.75, 3.05) is 19.6 Å². The predicted octanol–water partition coefficient (Wildman–Crippen LogP) is 3.73. The van der Waals surface area contributed by atoms with Gasteiger partial charge in [-0.2, -0.15) is 0 Å². The number of hydrogen-bond acceptors (Lipinski definition) is 2. The fraction of sp³-hybridized carbons (Fsp3) is 0.600. The van der Waals surface area contributed by atoms with Gasteiger partial charge in [-0.3, -0.25) is 4.90 Å². The van der Waals surface area contributed by atoms with Gasteiger partial charge < -0.3 is 5.73 Å². The number of nitrogens with two attached hydrogens (primary N) is 1. The number of fused-ring (bicyclic) bond motifs is 1. The Morgan fingerprint density at radius 1 is 1.16 bits per heavy atom. The molecule has 0 spiro atoms. The number of halogens is 2. The molecule has 3 atom stereocenters. The third-order valence-corrected chi connectivity index (χ3v) is 5.41. The lowest BCUT2D eigenvalue weighted by Crippen LogP contribution is -2.33. The first-order valence-corrected chi connectivity index (χ1v) is 7.84. The minimum atomic E-state index is 0.159. The van der Waals surface area contributed by atoms with Crippen LogP contribution in [0.1, 0.15) is 30.9 Å². The fourth-order valence-electron chi connectivity index (χ4n) is 3.80. The molecule has 2 nitrogen and oxygen atoms in total. The van der Waals surface area contributed by atoms with Crippen LogP contribution in [0.25, 0.3) is 0 Å². The highest BCUT2D eigenvalue weighted by atomic mass is 35.5. The zero-order valence-corrected chi connectivity index (χ0v) is 12.5. The molecule has 2 fully saturated rings. The summed E-state index contributed by atoms with van der Waals surface area (Å²) < 4.78 is 0. The average molecular weight is 299 g/mol. The highest BCUT2D eigenvalue weighted by molar-refractivity contribution is 6.36. The largest absolute Gasteiger partial charge is 0.329 e. The van der Waals surface area contributed by atoms with E-state index in [1.54, 1.807) is 0 Å². The van der Waals surface area contributed by atoms with Crippen molar-refractivity contribution in [3.63, 3.8) is 0 Å². The lowest BCUT2D eigenvalue weighted by atomic mass is 10.0. The predicted molar refractivity (Wildman–Crippen MR) is 80.7 cm³/mol. The van der Waals surface area contributed by atoms with E-state index in [1.807, 2.05) is 18.2 Å². The molecule has 4 heteroatoms. The number of nitrogens with zero attached hydrogens (tertiary/aromatic N) is 1. The maximum absolute atomic E-state index is 6.34. The molecule has 19 heavy (non-hydrogen) atoms. The van der Waals surface area contributed by atoms with Gasteiger partial charge in [0.2, 0.25) is 0 Å². The van der Waals surface area contributed by atoms with Crippen molar-refractivity contribution in [2.45, 2.75) is 25.3 Å². The van der Waals surface area contributed by atoms with Gasteiger partial charge in [0.15, 0.2) is 0 Å². The van der Waals surface area contributed by atoms with Crippen LogP contribution < -0.4 is 5.73 Å². The van der Waals surface area contributed by atoms with Crippen LogP contribution in [0.4, 0.5) is 0 Å². The van der Waals surface area contributed by atoms with Crippen LogP contribution in [0.15, 0.2) is 18.2 Å². The second-order valence-corrected chi connectivity index (χ2v) is 6.61. The van der Waals surface area contributed by atoms with Crippen molar-refractivity contribution in [3.8, 4) is 0 Å². The summed E-state index contributed by atoms with van der Waals surface area (Å²) in [4.78, 5) is 2.49. The topological polar surface area (TPSA) is 29.3 Å². The van der Waals surface area contributed by atoms with Crippen LogP contribution in [0.2, 0.25) is 10.0 Å². The summed E-state index contributed by atoms with van der Waals surface area (Å²) in [6.45, 7) is 2.87. The molecule has 1 saturated carbocycles. The molecule has 0 aromatic heterocycles. The number of rotatable bonds is 3. The summed E-state index contributed by atoms with van der Waals surface area (Å²) in [7, 11) is 0. The van der Waals surface area contributed by atoms with Gasteiger partial charge >= 0.3 is 0 Å². The highest BCUT2D eigenvalue weighted by Gasteiger charge is 2.39. The van der Waals surface area contributed by atoms with Gasteiger partial charge in [-0.05, 0) is 36.8 Å². The molecule has 1 aromatic carbocycles. The number of hydrogen-bond donors (Lipinski definition) is 1. The second-order valence-electron chi connectivity index (χ2n) is 5.79. The van der Waals surface area contributed by atoms with Gasteiger partial charge in [-0.25, -0.2) is 0 Å². The molecule has 0 amide bonds. The van der Waals surface area contributed by atoms with E-state index in [0.29, 0.717) is 6.54 Å². The first kappa shape index (κ1) is 13.7. The first-order chi connectivity index (χ1) is 9.20. The summed E-state index contributed by atoms with van der Waals surface area (Å²) in [6.07, 6.45) is 4.13. The molecular formula is C15H20Cl2N2. The quantitative estimate of drug-likeness (QED) is 0.921. The first-order valence-electron chi connectivity index (χ1n) is 7.08. The maximum Gasteiger partial charge on any atom is 0.0500 e. The van der Waals surface area contributed by atoms with Gasteiger partial charge in [0.05, 0.1) is 0 Å². The summed E-state index contributed by atoms with van der Waals surface area (Å²) in [5.41, 5.74) is 7.02. The molecule has 3 unspecified atom stereocenters. The Morgan fingerprint density at radius 3 is 2.26 bits per heavy atom. The summed E-state index contributed by atoms with van der Waals surface area (Å²) in [5.74, 6) is 1.71. The zero-order chi connectivity index (χ0) is 13.4. The van der Waals surface area contributed by atoms with Crippen LogP contribution in [0, 0.1) is 11.8 Å². The smallest absolute Gasteiger partial charge is 0.0500 e. The van der Waals surface area contributed by atoms with Crippen molar-refractivity contribution in [3.05, 3.63) is 33.8 Å². The van der Waals surface area contributed by atoms with Crippen LogP contribution in [0.3, 0.4) is 0 Å². The maximum atomic E-state index is 6.34. The van der Waals surface area contributed by atoms with E-state index in [-0.39, 0.29) is 6.04 Å². The standard InChI is InChI=1S/C15H20Cl2N2/c16-12-5-2-6-13(17)15(12)14(7-18)19-8-10-3-1-4-11(10)9-19/h2,5-6,10-11,14H,1,3-4,7-9,18H2. The van der Waals surface area contributed by atoms with E-state index in [2.05, 4.69) is 4.90 Å². The monoisotopic (exact) mass is 298 g/mol. The lowest BCUT2D eigenvalue weighted by Gasteiger charge is -2.29. The van der Waals surface area contributed by atoms with E-state index in [0.717, 1.165) is 40.5 Å². The Labute approximate surface area is 124 Å². The molecule has 104 valence electrons. The normalized spacial score (nSPS) is 28.6. The number of benzene rings is 1. The summed E-state index contributed by atoms with van der Waals surface area (Å²) >= 11 is 12.7. The van der Waals surface area contributed by atoms with Crippen LogP contribution in [-0.4, -0.2) is 24.5 Å². The van der Waals surface area contributed by atoms with Crippen LogP contribution >= 0.6 is 23.2 Å². The Balaban J connectivity index is 1.85. The van der Waals surface area contributed by atoms with E-state index in [4.69, 9.17) is 28.9 Å². The zero-order valence-electron chi connectivity index (χ0n) is 11.0. The van der Waals surface area contributed by atoms with Gasteiger partial charge in [-0.15, -0.1) is 0 Å². The minimum absolute atomic E-state index is 0.159. The van der Waals surface area contributed by atoms with Crippen molar-refractivity contribution in [1.82, 2.24) is 4.90 Å². The Kier molecular flexibility index (Phi) is 4.04. The molecule has 1 aromatic rings. The lowest BCUT2D eigenvalue weighted by molar-refractivity contribution is 0.232. The SMILES string of the molecule is NCC(c1c(Cl)cccc1Cl)N1CC2CCCC2C1. The third kappa shape index (κ3) is 2.52. The van der Waals surface area contributed by atoms with Crippen molar-refractivity contribution < 1.29 is 0 Å². The molecule has 1 heterocycles. The van der Waals surface area contributed by atoms with Gasteiger partial charge in [0.25, 0.3) is 0 Å². The molecule has 1 aliphatic heterocycles. The highest BCUT2D eigenvalue weighted by Crippen LogP contribution is 2.42. The van der Waals surface area contributed by atoms with Crippen LogP contribution in [-0.2, 0) is 0 Å². The number of likely N-dealkylation sites (tertiary alicyclic amines) is 1. The molecule has 3 rings (SSSR count). The van der Waals surface area contributed by atoms with E-state index < -0.39 is 0 Å². The third-order valence-electron chi connectivity index (χ3n) is 4.75. The van der Waals surface area contributed by atoms with Gasteiger partial charge in [0.1, 0.15) is 0 Å². The van der Waals surface area contributed by atoms with Crippen molar-refractivity contribution >= 4 is 23.2 Å². The molecule has 0 bridgehead atoms. The van der Waals surface area contributed by atoms with Gasteiger partial charge in [0, 0.05) is 41.3 Å². The Morgan fingerprint density at radius 2 is 1.74 bits per heavy atom. The molecule has 1 saturated heterocycles. The summed E-state index contributed by atoms with van der Waals surface area (Å²) in [5, 5.41) is 1.47. The van der Waals surface area contributed by atoms with E-state index in [1.165, 1.54) is 19.3 Å². The molecule has 1 aliphatic carbocycles. The van der Waals surface area contributed by atoms with Crippen LogP contribution in [0.5, 0.6) is 0 Å². The average Bonchev–Trinajstić information content (AvgIpc) is 2.94. The molecule has 2 N–H and O–H groups in total.